The number of amides is 1. The fourth-order valence-electron chi connectivity index (χ4n) is 2.47. The van der Waals surface area contributed by atoms with Crippen LogP contribution in [0.1, 0.15) is 26.2 Å². The molecule has 1 amide bonds. The Morgan fingerprint density at radius 1 is 1.47 bits per heavy atom. The van der Waals surface area contributed by atoms with E-state index in [1.807, 2.05) is 11.1 Å². The lowest BCUT2D eigenvalue weighted by Gasteiger charge is -2.37. The first-order valence-electron chi connectivity index (χ1n) is 6.12. The topological polar surface area (TPSA) is 52.7 Å². The highest BCUT2D eigenvalue weighted by atomic mass is 16.2. The van der Waals surface area contributed by atoms with Crippen molar-refractivity contribution in [3.8, 4) is 0 Å². The number of hydrazine groups is 1. The summed E-state index contributed by atoms with van der Waals surface area (Å²) in [5.74, 6) is -0.0500. The van der Waals surface area contributed by atoms with Gasteiger partial charge >= 0.3 is 0 Å². The fourth-order valence-corrected chi connectivity index (χ4v) is 2.47. The molecule has 2 heterocycles. The first-order chi connectivity index (χ1) is 8.15. The van der Waals surface area contributed by atoms with Crippen molar-refractivity contribution < 1.29 is 9.59 Å². The molecule has 2 aliphatic heterocycles. The monoisotopic (exact) mass is 237 g/mol. The molecule has 0 saturated carbocycles. The van der Waals surface area contributed by atoms with Crippen LogP contribution < -0.4 is 5.32 Å². The molecule has 2 aliphatic rings. The van der Waals surface area contributed by atoms with Gasteiger partial charge in [-0.2, -0.15) is 0 Å². The summed E-state index contributed by atoms with van der Waals surface area (Å²) in [6.45, 7) is 3.18. The van der Waals surface area contributed by atoms with Crippen molar-refractivity contribution in [2.75, 3.05) is 20.1 Å². The molecule has 0 aromatic heterocycles. The third kappa shape index (κ3) is 2.25. The molecule has 0 bridgehead atoms. The summed E-state index contributed by atoms with van der Waals surface area (Å²) in [4.78, 5) is 24.0. The maximum absolute atomic E-state index is 12.4. The van der Waals surface area contributed by atoms with Crippen LogP contribution in [0.5, 0.6) is 0 Å². The minimum absolute atomic E-state index is 0.00819. The molecule has 0 aliphatic carbocycles. The summed E-state index contributed by atoms with van der Waals surface area (Å²) in [5.41, 5.74) is 0.531. The Morgan fingerprint density at radius 3 is 2.88 bits per heavy atom. The first-order valence-corrected chi connectivity index (χ1v) is 6.12. The molecule has 1 saturated heterocycles. The lowest BCUT2D eigenvalue weighted by molar-refractivity contribution is -0.148. The van der Waals surface area contributed by atoms with Crippen LogP contribution in [0.2, 0.25) is 0 Å². The number of allylic oxidation sites excluding steroid dienone is 1. The predicted octanol–water partition coefficient (Wildman–Crippen LogP) is 0.290. The van der Waals surface area contributed by atoms with Crippen LogP contribution >= 0.6 is 0 Å². The largest absolute Gasteiger partial charge is 0.309 e. The number of hydrogen-bond donors (Lipinski definition) is 1. The number of nitrogens with one attached hydrogen (secondary N) is 1. The average molecular weight is 237 g/mol. The van der Waals surface area contributed by atoms with Crippen LogP contribution in [0.25, 0.3) is 0 Å². The van der Waals surface area contributed by atoms with Gasteiger partial charge in [0.2, 0.25) is 0 Å². The molecule has 17 heavy (non-hydrogen) atoms. The third-order valence-electron chi connectivity index (χ3n) is 3.36. The van der Waals surface area contributed by atoms with E-state index in [2.05, 4.69) is 5.32 Å². The van der Waals surface area contributed by atoms with Crippen LogP contribution in [-0.4, -0.2) is 47.9 Å². The normalized spacial score (nSPS) is 26.2. The molecule has 1 N–H and O–H groups in total. The van der Waals surface area contributed by atoms with Gasteiger partial charge in [0.1, 0.15) is 0 Å². The minimum Gasteiger partial charge on any atom is -0.309 e. The van der Waals surface area contributed by atoms with Crippen molar-refractivity contribution in [1.82, 2.24) is 15.3 Å². The smallest absolute Gasteiger partial charge is 0.258 e. The van der Waals surface area contributed by atoms with Gasteiger partial charge in [0.25, 0.3) is 5.91 Å². The van der Waals surface area contributed by atoms with Crippen LogP contribution in [0.3, 0.4) is 0 Å². The lowest BCUT2D eigenvalue weighted by atomic mass is 10.1. The van der Waals surface area contributed by atoms with Crippen molar-refractivity contribution in [1.29, 1.82) is 0 Å². The van der Waals surface area contributed by atoms with Crippen molar-refractivity contribution in [3.63, 3.8) is 0 Å². The Bertz CT molecular complexity index is 365. The summed E-state index contributed by atoms with van der Waals surface area (Å²) in [7, 11) is 1.79. The fraction of sp³-hybridized carbons (Fsp3) is 0.667. The quantitative estimate of drug-likeness (QED) is 0.750. The molecule has 1 atom stereocenters. The van der Waals surface area contributed by atoms with Gasteiger partial charge in [-0.25, -0.2) is 10.0 Å². The van der Waals surface area contributed by atoms with E-state index in [0.29, 0.717) is 5.70 Å². The van der Waals surface area contributed by atoms with Crippen molar-refractivity contribution >= 4 is 11.7 Å². The van der Waals surface area contributed by atoms with Crippen molar-refractivity contribution in [2.45, 2.75) is 32.2 Å². The Balaban J connectivity index is 2.32. The Labute approximate surface area is 101 Å². The second kappa shape index (κ2) is 4.98. The zero-order valence-corrected chi connectivity index (χ0v) is 10.4. The van der Waals surface area contributed by atoms with E-state index in [4.69, 9.17) is 0 Å². The second-order valence-electron chi connectivity index (χ2n) is 4.52. The van der Waals surface area contributed by atoms with Gasteiger partial charge in [0.15, 0.2) is 5.78 Å². The molecule has 0 aromatic rings. The molecule has 1 fully saturated rings. The Kier molecular flexibility index (Phi) is 3.59. The van der Waals surface area contributed by atoms with Crippen LogP contribution in [-0.2, 0) is 9.59 Å². The van der Waals surface area contributed by atoms with E-state index in [0.717, 1.165) is 32.4 Å². The summed E-state index contributed by atoms with van der Waals surface area (Å²) < 4.78 is 0. The number of ketones is 1. The van der Waals surface area contributed by atoms with E-state index in [1.165, 1.54) is 6.92 Å². The van der Waals surface area contributed by atoms with Gasteiger partial charge < -0.3 is 5.32 Å². The Morgan fingerprint density at radius 2 is 2.24 bits per heavy atom. The van der Waals surface area contributed by atoms with Crippen LogP contribution in [0.4, 0.5) is 0 Å². The zero-order chi connectivity index (χ0) is 12.4. The number of nitrogens with zero attached hydrogens (tertiary/aromatic N) is 2. The van der Waals surface area contributed by atoms with E-state index in [1.54, 1.807) is 12.1 Å². The zero-order valence-electron chi connectivity index (χ0n) is 10.4. The summed E-state index contributed by atoms with van der Waals surface area (Å²) in [5, 5.41) is 6.61. The molecule has 0 radical (unpaired) electrons. The highest BCUT2D eigenvalue weighted by molar-refractivity contribution is 5.98. The number of likely N-dealkylation sites (N-methyl/N-ethyl adjacent to an activating group) is 1. The number of fused-ring (bicyclic) bond motifs is 1. The number of carbonyl (C=O) groups excluding carboxylic acids is 2. The highest BCUT2D eigenvalue weighted by Gasteiger charge is 2.35. The Hall–Kier alpha value is -1.20. The summed E-state index contributed by atoms with van der Waals surface area (Å²) in [6.07, 6.45) is 4.50. The molecule has 0 aromatic carbocycles. The summed E-state index contributed by atoms with van der Waals surface area (Å²) >= 11 is 0. The molecule has 0 spiro atoms. The highest BCUT2D eigenvalue weighted by Crippen LogP contribution is 2.23. The summed E-state index contributed by atoms with van der Waals surface area (Å²) in [6, 6.07) is -0.180. The van der Waals surface area contributed by atoms with Crippen molar-refractivity contribution in [2.24, 2.45) is 0 Å². The van der Waals surface area contributed by atoms with Gasteiger partial charge in [0.05, 0.1) is 11.7 Å². The first kappa shape index (κ1) is 12.3. The number of Topliss-reactive ketones (excluding diaryl/α,β-unsaturated/α-hetero) is 1. The van der Waals surface area contributed by atoms with Gasteiger partial charge in [0, 0.05) is 20.0 Å². The van der Waals surface area contributed by atoms with Gasteiger partial charge in [-0.1, -0.05) is 6.08 Å². The minimum atomic E-state index is -0.180. The van der Waals surface area contributed by atoms with E-state index >= 15 is 0 Å². The number of carbonyl (C=O) groups is 2. The maximum Gasteiger partial charge on any atom is 0.258 e. The van der Waals surface area contributed by atoms with Gasteiger partial charge in [-0.3, -0.25) is 9.59 Å². The predicted molar refractivity (Wildman–Crippen MR) is 63.9 cm³/mol. The van der Waals surface area contributed by atoms with Gasteiger partial charge in [-0.05, 0) is 26.3 Å². The third-order valence-corrected chi connectivity index (χ3v) is 3.36. The van der Waals surface area contributed by atoms with Crippen LogP contribution in [0, 0.1) is 0 Å². The molecular weight excluding hydrogens is 218 g/mol. The average Bonchev–Trinajstić information content (AvgIpc) is 2.48. The molecule has 2 rings (SSSR count). The van der Waals surface area contributed by atoms with E-state index < -0.39 is 0 Å². The van der Waals surface area contributed by atoms with E-state index in [9.17, 15) is 9.59 Å². The molecule has 5 nitrogen and oxygen atoms in total. The lowest BCUT2D eigenvalue weighted by Crippen LogP contribution is -2.53. The molecule has 94 valence electrons. The second-order valence-corrected chi connectivity index (χ2v) is 4.52. The SMILES string of the molecule is CNC1CCCN2CCC=C(C(C)=O)N2C1=O. The maximum atomic E-state index is 12.4. The van der Waals surface area contributed by atoms with Gasteiger partial charge in [-0.15, -0.1) is 0 Å². The molecular formula is C12H19N3O2. The molecule has 5 heteroatoms. The van der Waals surface area contributed by atoms with Crippen LogP contribution in [0.15, 0.2) is 11.8 Å². The van der Waals surface area contributed by atoms with E-state index in [-0.39, 0.29) is 17.7 Å². The number of rotatable bonds is 2. The standard InChI is InChI=1S/C12H19N3O2/c1-9(16)11-6-4-8-14-7-3-5-10(13-2)12(17)15(11)14/h6,10,13H,3-5,7-8H2,1-2H3. The molecule has 1 unspecified atom stereocenters. The van der Waals surface area contributed by atoms with Crippen molar-refractivity contribution in [3.05, 3.63) is 11.8 Å². The number of hydrogen-bond acceptors (Lipinski definition) is 4.